The van der Waals surface area contributed by atoms with E-state index in [0.717, 1.165) is 17.1 Å². The van der Waals surface area contributed by atoms with Crippen LogP contribution in [0.2, 0.25) is 0 Å². The minimum absolute atomic E-state index is 0.0382. The molecule has 4 heteroatoms. The van der Waals surface area contributed by atoms with Crippen LogP contribution in [-0.2, 0) is 0 Å². The molecule has 1 aromatic heterocycles. The Morgan fingerprint density at radius 1 is 1.38 bits per heavy atom. The summed E-state index contributed by atoms with van der Waals surface area (Å²) in [4.78, 5) is 4.16. The fourth-order valence-corrected chi connectivity index (χ4v) is 1.64. The molecule has 84 valence electrons. The van der Waals surface area contributed by atoms with Crippen LogP contribution in [0.15, 0.2) is 36.7 Å². The van der Waals surface area contributed by atoms with E-state index in [1.54, 1.807) is 6.20 Å². The van der Waals surface area contributed by atoms with Gasteiger partial charge in [-0.1, -0.05) is 12.1 Å². The van der Waals surface area contributed by atoms with Gasteiger partial charge < -0.3 is 15.4 Å². The van der Waals surface area contributed by atoms with E-state index >= 15 is 0 Å². The summed E-state index contributed by atoms with van der Waals surface area (Å²) >= 11 is 0. The number of nitrogens with zero attached hydrogens (tertiary/aromatic N) is 2. The third kappa shape index (κ3) is 1.98. The second-order valence-electron chi connectivity index (χ2n) is 3.73. The van der Waals surface area contributed by atoms with Gasteiger partial charge >= 0.3 is 0 Å². The highest BCUT2D eigenvalue weighted by atomic mass is 16.3. The predicted octanol–water partition coefficient (Wildman–Crippen LogP) is 1.17. The van der Waals surface area contributed by atoms with Crippen LogP contribution in [0.1, 0.15) is 17.4 Å². The van der Waals surface area contributed by atoms with Gasteiger partial charge in [-0.3, -0.25) is 0 Å². The predicted molar refractivity (Wildman–Crippen MR) is 62.3 cm³/mol. The smallest absolute Gasteiger partial charge is 0.110 e. The molecule has 2 aromatic rings. The standard InChI is InChI=1S/C12H15N3O/c1-9-14-6-7-15(9)11-4-2-10(3-5-11)12(13)8-16/h2-7,12,16H,8,13H2,1H3/t12-/m0/s1. The zero-order chi connectivity index (χ0) is 11.5. The second-order valence-corrected chi connectivity index (χ2v) is 3.73. The summed E-state index contributed by atoms with van der Waals surface area (Å²) in [5, 5.41) is 8.95. The summed E-state index contributed by atoms with van der Waals surface area (Å²) in [7, 11) is 0. The zero-order valence-electron chi connectivity index (χ0n) is 9.17. The van der Waals surface area contributed by atoms with Crippen LogP contribution in [0.3, 0.4) is 0 Å². The Balaban J connectivity index is 2.30. The van der Waals surface area contributed by atoms with Crippen LogP contribution >= 0.6 is 0 Å². The molecule has 0 amide bonds. The van der Waals surface area contributed by atoms with E-state index in [-0.39, 0.29) is 12.6 Å². The number of benzene rings is 1. The number of aliphatic hydroxyl groups excluding tert-OH is 1. The quantitative estimate of drug-likeness (QED) is 0.811. The molecule has 3 N–H and O–H groups in total. The monoisotopic (exact) mass is 217 g/mol. The van der Waals surface area contributed by atoms with Crippen LogP contribution in [-0.4, -0.2) is 21.3 Å². The lowest BCUT2D eigenvalue weighted by Gasteiger charge is -2.10. The van der Waals surface area contributed by atoms with E-state index in [1.807, 2.05) is 42.0 Å². The summed E-state index contributed by atoms with van der Waals surface area (Å²) in [5.74, 6) is 0.944. The molecule has 1 atom stereocenters. The van der Waals surface area contributed by atoms with E-state index in [9.17, 15) is 0 Å². The summed E-state index contributed by atoms with van der Waals surface area (Å²) in [6.07, 6.45) is 3.68. The highest BCUT2D eigenvalue weighted by Gasteiger charge is 2.05. The highest BCUT2D eigenvalue weighted by Crippen LogP contribution is 2.15. The van der Waals surface area contributed by atoms with E-state index in [4.69, 9.17) is 10.8 Å². The van der Waals surface area contributed by atoms with Crippen LogP contribution < -0.4 is 5.73 Å². The zero-order valence-corrected chi connectivity index (χ0v) is 9.17. The number of aromatic nitrogens is 2. The number of aliphatic hydroxyl groups is 1. The van der Waals surface area contributed by atoms with Gasteiger partial charge in [-0.05, 0) is 24.6 Å². The normalized spacial score (nSPS) is 12.7. The van der Waals surface area contributed by atoms with Gasteiger partial charge in [0.15, 0.2) is 0 Å². The molecule has 0 fully saturated rings. The first-order chi connectivity index (χ1) is 7.72. The van der Waals surface area contributed by atoms with Gasteiger partial charge in [0.05, 0.1) is 12.6 Å². The maximum absolute atomic E-state index is 8.95. The lowest BCUT2D eigenvalue weighted by molar-refractivity contribution is 0.268. The van der Waals surface area contributed by atoms with Gasteiger partial charge in [-0.15, -0.1) is 0 Å². The molecule has 0 aliphatic carbocycles. The molecule has 0 radical (unpaired) electrons. The molecule has 4 nitrogen and oxygen atoms in total. The van der Waals surface area contributed by atoms with E-state index in [1.165, 1.54) is 0 Å². The number of hydrogen-bond donors (Lipinski definition) is 2. The topological polar surface area (TPSA) is 64.1 Å². The minimum atomic E-state index is -0.307. The van der Waals surface area contributed by atoms with Crippen molar-refractivity contribution in [2.75, 3.05) is 6.61 Å². The average molecular weight is 217 g/mol. The lowest BCUT2D eigenvalue weighted by Crippen LogP contribution is -2.14. The SMILES string of the molecule is Cc1nccn1-c1ccc([C@@H](N)CO)cc1. The Labute approximate surface area is 94.4 Å². The molecule has 1 heterocycles. The van der Waals surface area contributed by atoms with Gasteiger partial charge in [-0.25, -0.2) is 4.98 Å². The van der Waals surface area contributed by atoms with Crippen LogP contribution in [0, 0.1) is 6.92 Å². The number of hydrogen-bond acceptors (Lipinski definition) is 3. The van der Waals surface area contributed by atoms with E-state index in [2.05, 4.69) is 4.98 Å². The minimum Gasteiger partial charge on any atom is -0.394 e. The van der Waals surface area contributed by atoms with Gasteiger partial charge in [0.1, 0.15) is 5.82 Å². The van der Waals surface area contributed by atoms with Gasteiger partial charge in [0.25, 0.3) is 0 Å². The van der Waals surface area contributed by atoms with Crippen LogP contribution in [0.5, 0.6) is 0 Å². The van der Waals surface area contributed by atoms with Crippen molar-refractivity contribution in [1.29, 1.82) is 0 Å². The van der Waals surface area contributed by atoms with Gasteiger partial charge in [0.2, 0.25) is 0 Å². The number of aryl methyl sites for hydroxylation is 1. The van der Waals surface area contributed by atoms with Crippen molar-refractivity contribution in [3.05, 3.63) is 48.0 Å². The van der Waals surface area contributed by atoms with Crippen molar-refractivity contribution in [3.63, 3.8) is 0 Å². The number of nitrogens with two attached hydrogens (primary N) is 1. The number of imidazole rings is 1. The second kappa shape index (κ2) is 4.47. The molecule has 0 aliphatic rings. The molecule has 0 unspecified atom stereocenters. The van der Waals surface area contributed by atoms with Crippen molar-refractivity contribution in [2.45, 2.75) is 13.0 Å². The fraction of sp³-hybridized carbons (Fsp3) is 0.250. The molecule has 0 saturated heterocycles. The summed E-state index contributed by atoms with van der Waals surface area (Å²) in [6, 6.07) is 7.49. The molecule has 0 saturated carbocycles. The Hall–Kier alpha value is -1.65. The van der Waals surface area contributed by atoms with Gasteiger partial charge in [0, 0.05) is 18.1 Å². The maximum Gasteiger partial charge on any atom is 0.110 e. The summed E-state index contributed by atoms with van der Waals surface area (Å²) < 4.78 is 1.99. The molecule has 0 aliphatic heterocycles. The fourth-order valence-electron chi connectivity index (χ4n) is 1.64. The average Bonchev–Trinajstić information content (AvgIpc) is 2.75. The van der Waals surface area contributed by atoms with E-state index < -0.39 is 0 Å². The molecular weight excluding hydrogens is 202 g/mol. The molecule has 2 rings (SSSR count). The van der Waals surface area contributed by atoms with Crippen LogP contribution in [0.4, 0.5) is 0 Å². The summed E-state index contributed by atoms with van der Waals surface area (Å²) in [6.45, 7) is 1.91. The first-order valence-electron chi connectivity index (χ1n) is 5.19. The van der Waals surface area contributed by atoms with Crippen molar-refractivity contribution < 1.29 is 5.11 Å². The molecule has 0 bridgehead atoms. The van der Waals surface area contributed by atoms with Crippen molar-refractivity contribution in [2.24, 2.45) is 5.73 Å². The van der Waals surface area contributed by atoms with Crippen molar-refractivity contribution in [3.8, 4) is 5.69 Å². The Morgan fingerprint density at radius 2 is 2.06 bits per heavy atom. The largest absolute Gasteiger partial charge is 0.394 e. The van der Waals surface area contributed by atoms with Crippen molar-refractivity contribution in [1.82, 2.24) is 9.55 Å². The number of rotatable bonds is 3. The lowest BCUT2D eigenvalue weighted by atomic mass is 10.1. The Morgan fingerprint density at radius 3 is 2.56 bits per heavy atom. The molecule has 1 aromatic carbocycles. The molecular formula is C12H15N3O. The molecule has 16 heavy (non-hydrogen) atoms. The first kappa shape index (κ1) is 10.9. The summed E-state index contributed by atoms with van der Waals surface area (Å²) in [5.41, 5.74) is 7.70. The van der Waals surface area contributed by atoms with Crippen molar-refractivity contribution >= 4 is 0 Å². The maximum atomic E-state index is 8.95. The van der Waals surface area contributed by atoms with Crippen LogP contribution in [0.25, 0.3) is 5.69 Å². The van der Waals surface area contributed by atoms with E-state index in [0.29, 0.717) is 0 Å². The van der Waals surface area contributed by atoms with Gasteiger partial charge in [-0.2, -0.15) is 0 Å². The molecule has 0 spiro atoms. The highest BCUT2D eigenvalue weighted by molar-refractivity contribution is 5.36. The third-order valence-corrected chi connectivity index (χ3v) is 2.62. The Bertz CT molecular complexity index is 461. The Kier molecular flexibility index (Phi) is 3.03. The third-order valence-electron chi connectivity index (χ3n) is 2.62. The first-order valence-corrected chi connectivity index (χ1v) is 5.19.